The molecule has 1 N–H and O–H groups in total. The van der Waals surface area contributed by atoms with Crippen LogP contribution >= 0.6 is 27.5 Å². The Bertz CT molecular complexity index is 1420. The van der Waals surface area contributed by atoms with Crippen molar-refractivity contribution in [2.24, 2.45) is 0 Å². The third-order valence-corrected chi connectivity index (χ3v) is 8.93. The Morgan fingerprint density at radius 2 is 1.66 bits per heavy atom. The highest BCUT2D eigenvalue weighted by molar-refractivity contribution is 9.10. The molecule has 0 saturated carbocycles. The summed E-state index contributed by atoms with van der Waals surface area (Å²) in [6, 6.07) is 18.9. The van der Waals surface area contributed by atoms with Crippen LogP contribution in [0.25, 0.3) is 0 Å². The number of hydrogen-bond donors (Lipinski definition) is 1. The van der Waals surface area contributed by atoms with Crippen LogP contribution in [0.4, 0.5) is 5.69 Å². The summed E-state index contributed by atoms with van der Waals surface area (Å²) in [5.41, 5.74) is 0.998. The Hall–Kier alpha value is -3.08. The Morgan fingerprint density at radius 1 is 1.00 bits per heavy atom. The van der Waals surface area contributed by atoms with E-state index < -0.39 is 28.5 Å². The average molecular weight is 665 g/mol. The van der Waals surface area contributed by atoms with Crippen LogP contribution < -0.4 is 14.4 Å². The first-order valence-corrected chi connectivity index (χ1v) is 16.0. The van der Waals surface area contributed by atoms with Crippen molar-refractivity contribution in [2.45, 2.75) is 51.1 Å². The molecule has 0 aliphatic carbocycles. The van der Waals surface area contributed by atoms with Crippen LogP contribution in [-0.4, -0.2) is 50.9 Å². The van der Waals surface area contributed by atoms with E-state index in [2.05, 4.69) is 21.2 Å². The molecule has 41 heavy (non-hydrogen) atoms. The van der Waals surface area contributed by atoms with E-state index in [1.807, 2.05) is 31.2 Å². The molecule has 0 unspecified atom stereocenters. The van der Waals surface area contributed by atoms with Crippen molar-refractivity contribution in [3.63, 3.8) is 0 Å². The predicted octanol–water partition coefficient (Wildman–Crippen LogP) is 6.03. The highest BCUT2D eigenvalue weighted by atomic mass is 79.9. The normalized spacial score (nSPS) is 11.9. The lowest BCUT2D eigenvalue weighted by Crippen LogP contribution is -2.51. The number of hydrogen-bond acceptors (Lipinski definition) is 5. The van der Waals surface area contributed by atoms with E-state index in [9.17, 15) is 18.0 Å². The molecule has 0 aliphatic heterocycles. The molecule has 3 rings (SSSR count). The van der Waals surface area contributed by atoms with E-state index in [0.29, 0.717) is 23.9 Å². The van der Waals surface area contributed by atoms with Crippen LogP contribution in [0.15, 0.2) is 82.2 Å². The van der Waals surface area contributed by atoms with Crippen molar-refractivity contribution >= 4 is 55.1 Å². The number of sulfonamides is 1. The smallest absolute Gasteiger partial charge is 0.264 e. The van der Waals surface area contributed by atoms with Gasteiger partial charge >= 0.3 is 0 Å². The SMILES string of the molecule is CCCCNC(=O)[C@H](C)N(Cc1ccc(Br)cc1)C(=O)CN(c1ccccc1OCC)S(=O)(=O)c1ccc(Cl)cc1. The van der Waals surface area contributed by atoms with Gasteiger partial charge in [-0.2, -0.15) is 0 Å². The molecular weight excluding hydrogens is 630 g/mol. The third kappa shape index (κ3) is 8.70. The topological polar surface area (TPSA) is 96.0 Å². The number of ether oxygens (including phenoxy) is 1. The number of nitrogens with one attached hydrogen (secondary N) is 1. The second-order valence-corrected chi connectivity index (χ2v) is 12.5. The zero-order valence-electron chi connectivity index (χ0n) is 23.3. The minimum absolute atomic E-state index is 0.0363. The number of anilines is 1. The van der Waals surface area contributed by atoms with Gasteiger partial charge < -0.3 is 15.0 Å². The fraction of sp³-hybridized carbons (Fsp3) is 0.333. The van der Waals surface area contributed by atoms with Crippen molar-refractivity contribution in [1.29, 1.82) is 0 Å². The van der Waals surface area contributed by atoms with Gasteiger partial charge in [0.05, 0.1) is 17.2 Å². The average Bonchev–Trinajstić information content (AvgIpc) is 2.96. The fourth-order valence-electron chi connectivity index (χ4n) is 4.09. The van der Waals surface area contributed by atoms with Gasteiger partial charge in [0.15, 0.2) is 0 Å². The number of carbonyl (C=O) groups excluding carboxylic acids is 2. The molecule has 0 aliphatic rings. The number of halogens is 2. The molecule has 0 heterocycles. The number of para-hydroxylation sites is 2. The molecule has 0 saturated heterocycles. The summed E-state index contributed by atoms with van der Waals surface area (Å²) in [4.78, 5) is 28.5. The maximum Gasteiger partial charge on any atom is 0.264 e. The lowest BCUT2D eigenvalue weighted by Gasteiger charge is -2.32. The van der Waals surface area contributed by atoms with Gasteiger partial charge in [0.25, 0.3) is 10.0 Å². The molecular formula is C30H35BrClN3O5S. The van der Waals surface area contributed by atoms with Gasteiger partial charge in [0.1, 0.15) is 18.3 Å². The first kappa shape index (κ1) is 32.4. The molecule has 3 aromatic carbocycles. The number of benzene rings is 3. The van der Waals surface area contributed by atoms with E-state index >= 15 is 0 Å². The van der Waals surface area contributed by atoms with Gasteiger partial charge in [-0.3, -0.25) is 13.9 Å². The van der Waals surface area contributed by atoms with E-state index in [1.165, 1.54) is 29.2 Å². The van der Waals surface area contributed by atoms with Crippen molar-refractivity contribution in [3.05, 3.63) is 87.9 Å². The third-order valence-electron chi connectivity index (χ3n) is 6.38. The first-order chi connectivity index (χ1) is 19.6. The van der Waals surface area contributed by atoms with Crippen LogP contribution in [0.3, 0.4) is 0 Å². The van der Waals surface area contributed by atoms with E-state index in [4.69, 9.17) is 16.3 Å². The standard InChI is InChI=1S/C30H35BrClN3O5S/c1-4-6-19-33-30(37)22(3)34(20-23-11-13-24(31)14-12-23)29(36)21-35(27-9-7-8-10-28(27)40-5-2)41(38,39)26-17-15-25(32)16-18-26/h7-18,22H,4-6,19-21H2,1-3H3,(H,33,37)/t22-/m0/s1. The molecule has 0 fully saturated rings. The number of unbranched alkanes of at least 4 members (excludes halogenated alkanes) is 1. The first-order valence-electron chi connectivity index (χ1n) is 13.4. The summed E-state index contributed by atoms with van der Waals surface area (Å²) in [6.07, 6.45) is 1.72. The van der Waals surface area contributed by atoms with Crippen LogP contribution in [0.5, 0.6) is 5.75 Å². The summed E-state index contributed by atoms with van der Waals surface area (Å²) in [5.74, 6) is -0.550. The number of amides is 2. The summed E-state index contributed by atoms with van der Waals surface area (Å²) in [6.45, 7) is 5.79. The fourth-order valence-corrected chi connectivity index (χ4v) is 5.91. The van der Waals surface area contributed by atoms with Gasteiger partial charge in [-0.15, -0.1) is 0 Å². The molecule has 1 atom stereocenters. The Balaban J connectivity index is 2.04. The molecule has 220 valence electrons. The number of carbonyl (C=O) groups is 2. The van der Waals surface area contributed by atoms with Gasteiger partial charge in [-0.1, -0.05) is 65.1 Å². The van der Waals surface area contributed by atoms with Gasteiger partial charge in [0, 0.05) is 22.6 Å². The predicted molar refractivity (Wildman–Crippen MR) is 166 cm³/mol. The zero-order valence-corrected chi connectivity index (χ0v) is 26.5. The maximum atomic E-state index is 14.0. The monoisotopic (exact) mass is 663 g/mol. The molecule has 0 aromatic heterocycles. The summed E-state index contributed by atoms with van der Waals surface area (Å²) < 4.78 is 35.6. The molecule has 8 nitrogen and oxygen atoms in total. The van der Waals surface area contributed by atoms with Crippen LogP contribution in [-0.2, 0) is 26.2 Å². The zero-order chi connectivity index (χ0) is 30.0. The quantitative estimate of drug-likeness (QED) is 0.213. The van der Waals surface area contributed by atoms with E-state index in [0.717, 1.165) is 27.2 Å². The van der Waals surface area contributed by atoms with Gasteiger partial charge in [-0.25, -0.2) is 8.42 Å². The highest BCUT2D eigenvalue weighted by Gasteiger charge is 2.33. The minimum Gasteiger partial charge on any atom is -0.492 e. The summed E-state index contributed by atoms with van der Waals surface area (Å²) in [7, 11) is -4.24. The number of nitrogens with zero attached hydrogens (tertiary/aromatic N) is 2. The van der Waals surface area contributed by atoms with Crippen LogP contribution in [0, 0.1) is 0 Å². The van der Waals surface area contributed by atoms with Crippen LogP contribution in [0.1, 0.15) is 39.2 Å². The largest absolute Gasteiger partial charge is 0.492 e. The van der Waals surface area contributed by atoms with Crippen LogP contribution in [0.2, 0.25) is 5.02 Å². The minimum atomic E-state index is -4.24. The summed E-state index contributed by atoms with van der Waals surface area (Å²) in [5, 5.41) is 3.26. The Labute approximate surface area is 255 Å². The van der Waals surface area contributed by atoms with Gasteiger partial charge in [0.2, 0.25) is 11.8 Å². The maximum absolute atomic E-state index is 14.0. The molecule has 2 amide bonds. The number of rotatable bonds is 14. The second kappa shape index (κ2) is 15.2. The van der Waals surface area contributed by atoms with Crippen molar-refractivity contribution < 1.29 is 22.7 Å². The van der Waals surface area contributed by atoms with Crippen molar-refractivity contribution in [2.75, 3.05) is 24.0 Å². The molecule has 3 aromatic rings. The molecule has 11 heteroatoms. The Kier molecular flexibility index (Phi) is 12.1. The van der Waals surface area contributed by atoms with Crippen molar-refractivity contribution in [1.82, 2.24) is 10.2 Å². The second-order valence-electron chi connectivity index (χ2n) is 9.33. The lowest BCUT2D eigenvalue weighted by atomic mass is 10.1. The molecule has 0 radical (unpaired) electrons. The summed E-state index contributed by atoms with van der Waals surface area (Å²) >= 11 is 9.43. The molecule has 0 spiro atoms. The highest BCUT2D eigenvalue weighted by Crippen LogP contribution is 2.33. The lowest BCUT2D eigenvalue weighted by molar-refractivity contribution is -0.139. The van der Waals surface area contributed by atoms with E-state index in [-0.39, 0.29) is 23.0 Å². The Morgan fingerprint density at radius 3 is 2.29 bits per heavy atom. The van der Waals surface area contributed by atoms with Crippen molar-refractivity contribution in [3.8, 4) is 5.75 Å². The van der Waals surface area contributed by atoms with E-state index in [1.54, 1.807) is 38.1 Å². The molecule has 0 bridgehead atoms. The van der Waals surface area contributed by atoms with Gasteiger partial charge in [-0.05, 0) is 74.4 Å².